The van der Waals surface area contributed by atoms with Gasteiger partial charge in [-0.05, 0) is 56.2 Å². The lowest BCUT2D eigenvalue weighted by Gasteiger charge is -2.21. The highest BCUT2D eigenvalue weighted by Gasteiger charge is 2.22. The quantitative estimate of drug-likeness (QED) is 0.265. The van der Waals surface area contributed by atoms with Gasteiger partial charge >= 0.3 is 5.97 Å². The summed E-state index contributed by atoms with van der Waals surface area (Å²) in [6, 6.07) is 11.3. The number of fused-ring (bicyclic) bond motifs is 1. The highest BCUT2D eigenvalue weighted by molar-refractivity contribution is 5.99. The Kier molecular flexibility index (Phi) is 8.67. The SMILES string of the molecule is C=CCc1ccc2c(c1OCCCCCOc1ccccc1/C=C/C(=O)O)CCCC2=O. The third-order valence-electron chi connectivity index (χ3n) is 5.45. The summed E-state index contributed by atoms with van der Waals surface area (Å²) in [7, 11) is 0. The van der Waals surface area contributed by atoms with Gasteiger partial charge in [0.25, 0.3) is 0 Å². The fraction of sp³-hybridized carbons (Fsp3) is 0.333. The summed E-state index contributed by atoms with van der Waals surface area (Å²) in [4.78, 5) is 23.0. The monoisotopic (exact) mass is 434 g/mol. The van der Waals surface area contributed by atoms with E-state index < -0.39 is 5.97 Å². The lowest BCUT2D eigenvalue weighted by atomic mass is 9.88. The molecule has 0 radical (unpaired) electrons. The molecular weight excluding hydrogens is 404 g/mol. The molecule has 1 aliphatic carbocycles. The molecule has 0 fully saturated rings. The van der Waals surface area contributed by atoms with Crippen LogP contribution in [0.3, 0.4) is 0 Å². The lowest BCUT2D eigenvalue weighted by Crippen LogP contribution is -2.14. The topological polar surface area (TPSA) is 72.8 Å². The Labute approximate surface area is 189 Å². The van der Waals surface area contributed by atoms with Crippen LogP contribution in [0.2, 0.25) is 0 Å². The van der Waals surface area contributed by atoms with Gasteiger partial charge in [0, 0.05) is 29.2 Å². The summed E-state index contributed by atoms with van der Waals surface area (Å²) in [6.07, 6.45) is 10.3. The Bertz CT molecular complexity index is 990. The first kappa shape index (κ1) is 23.3. The second-order valence-corrected chi connectivity index (χ2v) is 7.82. The first-order valence-corrected chi connectivity index (χ1v) is 11.1. The molecule has 3 rings (SSSR count). The lowest BCUT2D eigenvalue weighted by molar-refractivity contribution is -0.131. The fourth-order valence-corrected chi connectivity index (χ4v) is 3.89. The summed E-state index contributed by atoms with van der Waals surface area (Å²) in [6.45, 7) is 4.98. The number of allylic oxidation sites excluding steroid dienone is 1. The van der Waals surface area contributed by atoms with Gasteiger partial charge in [-0.25, -0.2) is 4.79 Å². The second-order valence-electron chi connectivity index (χ2n) is 7.82. The predicted molar refractivity (Wildman–Crippen MR) is 126 cm³/mol. The Balaban J connectivity index is 1.48. The maximum atomic E-state index is 12.2. The molecule has 2 aromatic carbocycles. The molecule has 0 saturated heterocycles. The summed E-state index contributed by atoms with van der Waals surface area (Å²) in [5.74, 6) is 0.763. The van der Waals surface area contributed by atoms with Crippen molar-refractivity contribution in [2.45, 2.75) is 44.9 Å². The molecule has 1 aliphatic rings. The molecule has 0 spiro atoms. The summed E-state index contributed by atoms with van der Waals surface area (Å²) < 4.78 is 12.0. The number of carbonyl (C=O) groups excluding carboxylic acids is 1. The van der Waals surface area contributed by atoms with E-state index in [-0.39, 0.29) is 5.78 Å². The molecule has 168 valence electrons. The van der Waals surface area contributed by atoms with Crippen molar-refractivity contribution in [1.29, 1.82) is 0 Å². The maximum Gasteiger partial charge on any atom is 0.328 e. The van der Waals surface area contributed by atoms with Gasteiger partial charge in [-0.15, -0.1) is 6.58 Å². The molecular formula is C27H30O5. The number of Topliss-reactive ketones (excluding diaryl/α,β-unsaturated/α-hetero) is 1. The number of hydrogen-bond donors (Lipinski definition) is 1. The van der Waals surface area contributed by atoms with Crippen molar-refractivity contribution < 1.29 is 24.2 Å². The van der Waals surface area contributed by atoms with E-state index in [1.165, 1.54) is 6.08 Å². The summed E-state index contributed by atoms with van der Waals surface area (Å²) in [5.41, 5.74) is 3.69. The first-order valence-electron chi connectivity index (χ1n) is 11.1. The normalized spacial score (nSPS) is 13.1. The van der Waals surface area contributed by atoms with Gasteiger partial charge in [0.05, 0.1) is 13.2 Å². The molecule has 5 nitrogen and oxygen atoms in total. The van der Waals surface area contributed by atoms with E-state index in [1.807, 2.05) is 42.5 Å². The van der Waals surface area contributed by atoms with Crippen molar-refractivity contribution in [1.82, 2.24) is 0 Å². The minimum atomic E-state index is -0.986. The van der Waals surface area contributed by atoms with Crippen LogP contribution in [0.1, 0.15) is 59.2 Å². The second kappa shape index (κ2) is 11.9. The van der Waals surface area contributed by atoms with Crippen LogP contribution in [0.25, 0.3) is 6.08 Å². The van der Waals surface area contributed by atoms with Crippen LogP contribution in [0.5, 0.6) is 11.5 Å². The van der Waals surface area contributed by atoms with Crippen molar-refractivity contribution >= 4 is 17.8 Å². The number of benzene rings is 2. The maximum absolute atomic E-state index is 12.2. The van der Waals surface area contributed by atoms with Crippen molar-refractivity contribution in [2.24, 2.45) is 0 Å². The van der Waals surface area contributed by atoms with Crippen molar-refractivity contribution in [3.8, 4) is 11.5 Å². The van der Waals surface area contributed by atoms with Crippen LogP contribution in [0, 0.1) is 0 Å². The number of carboxylic acid groups (broad SMARTS) is 1. The number of para-hydroxylation sites is 1. The highest BCUT2D eigenvalue weighted by atomic mass is 16.5. The number of ketones is 1. The van der Waals surface area contributed by atoms with Crippen LogP contribution < -0.4 is 9.47 Å². The van der Waals surface area contributed by atoms with Gasteiger partial charge in [-0.2, -0.15) is 0 Å². The zero-order valence-electron chi connectivity index (χ0n) is 18.3. The average molecular weight is 435 g/mol. The van der Waals surface area contributed by atoms with Crippen LogP contribution >= 0.6 is 0 Å². The van der Waals surface area contributed by atoms with Crippen LogP contribution in [-0.2, 0) is 17.6 Å². The zero-order chi connectivity index (χ0) is 22.8. The van der Waals surface area contributed by atoms with Crippen molar-refractivity contribution in [3.05, 3.63) is 77.4 Å². The van der Waals surface area contributed by atoms with Gasteiger partial charge in [0.2, 0.25) is 0 Å². The van der Waals surface area contributed by atoms with Crippen LogP contribution in [-0.4, -0.2) is 30.1 Å². The highest BCUT2D eigenvalue weighted by Crippen LogP contribution is 2.33. The molecule has 0 amide bonds. The number of carbonyl (C=O) groups is 2. The Morgan fingerprint density at radius 1 is 1.03 bits per heavy atom. The van der Waals surface area contributed by atoms with E-state index in [2.05, 4.69) is 6.58 Å². The van der Waals surface area contributed by atoms with E-state index in [0.717, 1.165) is 72.6 Å². The summed E-state index contributed by atoms with van der Waals surface area (Å²) >= 11 is 0. The number of hydrogen-bond acceptors (Lipinski definition) is 4. The Morgan fingerprint density at radius 2 is 1.81 bits per heavy atom. The van der Waals surface area contributed by atoms with Crippen molar-refractivity contribution in [2.75, 3.05) is 13.2 Å². The predicted octanol–water partition coefficient (Wildman–Crippen LogP) is 5.66. The molecule has 1 N–H and O–H groups in total. The van der Waals surface area contributed by atoms with Crippen LogP contribution in [0.4, 0.5) is 0 Å². The third kappa shape index (κ3) is 6.33. The largest absolute Gasteiger partial charge is 0.493 e. The minimum Gasteiger partial charge on any atom is -0.493 e. The van der Waals surface area contributed by atoms with E-state index in [9.17, 15) is 9.59 Å². The molecule has 0 heterocycles. The molecule has 5 heteroatoms. The minimum absolute atomic E-state index is 0.205. The van der Waals surface area contributed by atoms with Gasteiger partial charge in [-0.3, -0.25) is 4.79 Å². The van der Waals surface area contributed by atoms with Gasteiger partial charge in [0.15, 0.2) is 5.78 Å². The van der Waals surface area contributed by atoms with Gasteiger partial charge < -0.3 is 14.6 Å². The molecule has 0 aliphatic heterocycles. The number of unbranched alkanes of at least 4 members (excludes halogenated alkanes) is 2. The number of aliphatic carboxylic acids is 1. The van der Waals surface area contributed by atoms with Crippen molar-refractivity contribution in [3.63, 3.8) is 0 Å². The fourth-order valence-electron chi connectivity index (χ4n) is 3.89. The first-order chi connectivity index (χ1) is 15.6. The smallest absolute Gasteiger partial charge is 0.328 e. The van der Waals surface area contributed by atoms with E-state index in [1.54, 1.807) is 0 Å². The Hall–Kier alpha value is -3.34. The third-order valence-corrected chi connectivity index (χ3v) is 5.45. The molecule has 0 atom stereocenters. The number of carboxylic acids is 1. The molecule has 32 heavy (non-hydrogen) atoms. The van der Waals surface area contributed by atoms with E-state index >= 15 is 0 Å². The summed E-state index contributed by atoms with van der Waals surface area (Å²) in [5, 5.41) is 8.81. The zero-order valence-corrected chi connectivity index (χ0v) is 18.3. The average Bonchev–Trinajstić information content (AvgIpc) is 2.79. The van der Waals surface area contributed by atoms with Crippen LogP contribution in [0.15, 0.2) is 55.1 Å². The standard InChI is InChI=1S/C27H30O5/c1-2-9-21-14-16-22-23(11-8-12-24(22)28)27(21)32-19-7-3-6-18-31-25-13-5-4-10-20(25)15-17-26(29)30/h2,4-5,10,13-17H,1,3,6-9,11-12,18-19H2,(H,29,30)/b17-15+. The number of rotatable bonds is 12. The molecule has 2 aromatic rings. The van der Waals surface area contributed by atoms with E-state index in [4.69, 9.17) is 14.6 Å². The molecule has 0 saturated carbocycles. The number of ether oxygens (including phenoxy) is 2. The van der Waals surface area contributed by atoms with E-state index in [0.29, 0.717) is 25.4 Å². The molecule has 0 aromatic heterocycles. The molecule has 0 unspecified atom stereocenters. The van der Waals surface area contributed by atoms with Gasteiger partial charge in [0.1, 0.15) is 11.5 Å². The molecule has 0 bridgehead atoms. The van der Waals surface area contributed by atoms with Gasteiger partial charge in [-0.1, -0.05) is 36.4 Å². The Morgan fingerprint density at radius 3 is 2.59 bits per heavy atom.